The van der Waals surface area contributed by atoms with Gasteiger partial charge in [0.2, 0.25) is 0 Å². The van der Waals surface area contributed by atoms with Gasteiger partial charge >= 0.3 is 11.9 Å². The number of anilines is 1. The van der Waals surface area contributed by atoms with E-state index in [2.05, 4.69) is 20.5 Å². The molecule has 1 aliphatic rings. The number of allylic oxidation sites excluding steroid dienone is 2. The Morgan fingerprint density at radius 2 is 1.20 bits per heavy atom. The van der Waals surface area contributed by atoms with Gasteiger partial charge in [0, 0.05) is 11.9 Å². The average molecular weight is 751 g/mol. The molecule has 284 valence electrons. The van der Waals surface area contributed by atoms with E-state index in [-0.39, 0.29) is 47.6 Å². The Hall–Kier alpha value is -7.17. The molecule has 1 N–H and O–H groups in total. The lowest BCUT2D eigenvalue weighted by molar-refractivity contribution is -0.152. The van der Waals surface area contributed by atoms with Crippen molar-refractivity contribution >= 4 is 52.9 Å². The molecule has 3 aromatic carbocycles. The topological polar surface area (TPSA) is 193 Å². The molecule has 0 bridgehead atoms. The fourth-order valence-electron chi connectivity index (χ4n) is 4.86. The number of ether oxygens (including phenoxy) is 2. The van der Waals surface area contributed by atoms with Crippen molar-refractivity contribution in [1.82, 2.24) is 5.32 Å². The minimum absolute atomic E-state index is 0.0564. The lowest BCUT2D eigenvalue weighted by Gasteiger charge is -2.26. The quantitative estimate of drug-likeness (QED) is 0.0777. The molecule has 0 spiro atoms. The number of nitriles is 3. The van der Waals surface area contributed by atoms with E-state index in [1.807, 2.05) is 59.5 Å². The number of carbonyl (C=O) groups is 3. The van der Waals surface area contributed by atoms with Crippen molar-refractivity contribution in [1.29, 1.82) is 15.8 Å². The summed E-state index contributed by atoms with van der Waals surface area (Å²) in [4.78, 5) is 43.5. The fourth-order valence-corrected chi connectivity index (χ4v) is 4.86. The third-order valence-electron chi connectivity index (χ3n) is 8.09. The standard InChI is InChI=1S/C43H42N8O5/c1-42(2,3)40(53)55-23-21-51(22-24-56-41(54)43(4,5)6)35-18-16-34(17-19-35)50-49-33-14-9-30(10-15-33)28-47-32-12-7-29(8-13-32)11-20-36-37(27-46)38(48-39(36)52)31(25-44)26-45/h7-20,28H,21-24H2,1-6H3,(H,48,52)/b20-11+,47-28+,50-49+. The minimum Gasteiger partial charge on any atom is -0.463 e. The summed E-state index contributed by atoms with van der Waals surface area (Å²) < 4.78 is 11.0. The van der Waals surface area contributed by atoms with E-state index in [1.54, 1.807) is 90.2 Å². The molecule has 13 heteroatoms. The SMILES string of the molecule is CC(C)(C)C(=O)OCCN(CCOC(=O)C(C)(C)C)c1ccc(/N=N/c2ccc(/C=N/c3ccc(/C=C/C4=C(C#N)C(=C(C#N)C#N)NC4=O)cc3)cc2)cc1. The van der Waals surface area contributed by atoms with Crippen LogP contribution in [0.3, 0.4) is 0 Å². The van der Waals surface area contributed by atoms with Crippen molar-refractivity contribution in [2.24, 2.45) is 26.1 Å². The zero-order valence-corrected chi connectivity index (χ0v) is 32.2. The van der Waals surface area contributed by atoms with Crippen LogP contribution in [-0.4, -0.2) is 50.4 Å². The van der Waals surface area contributed by atoms with Crippen molar-refractivity contribution in [3.63, 3.8) is 0 Å². The van der Waals surface area contributed by atoms with Gasteiger partial charge in [0.1, 0.15) is 31.4 Å². The summed E-state index contributed by atoms with van der Waals surface area (Å²) >= 11 is 0. The molecule has 1 heterocycles. The molecule has 13 nitrogen and oxygen atoms in total. The molecule has 4 rings (SSSR count). The molecule has 0 aromatic heterocycles. The van der Waals surface area contributed by atoms with Gasteiger partial charge < -0.3 is 19.7 Å². The van der Waals surface area contributed by atoms with Gasteiger partial charge in [-0.25, -0.2) is 0 Å². The predicted octanol–water partition coefficient (Wildman–Crippen LogP) is 8.10. The minimum atomic E-state index is -0.610. The maximum Gasteiger partial charge on any atom is 0.311 e. The zero-order valence-electron chi connectivity index (χ0n) is 32.2. The van der Waals surface area contributed by atoms with Crippen LogP contribution in [0.1, 0.15) is 52.7 Å². The summed E-state index contributed by atoms with van der Waals surface area (Å²) in [6.45, 7) is 12.0. The maximum absolute atomic E-state index is 12.4. The number of amides is 1. The third-order valence-corrected chi connectivity index (χ3v) is 8.09. The van der Waals surface area contributed by atoms with Crippen molar-refractivity contribution in [2.45, 2.75) is 41.5 Å². The molecule has 0 atom stereocenters. The molecule has 0 aliphatic carbocycles. The summed E-state index contributed by atoms with van der Waals surface area (Å²) in [6, 6.07) is 27.3. The number of hydrogen-bond donors (Lipinski definition) is 1. The Morgan fingerprint density at radius 3 is 1.68 bits per heavy atom. The molecular weight excluding hydrogens is 709 g/mol. The van der Waals surface area contributed by atoms with E-state index in [9.17, 15) is 19.6 Å². The number of aliphatic imine (C=N–C) groups is 1. The van der Waals surface area contributed by atoms with E-state index >= 15 is 0 Å². The summed E-state index contributed by atoms with van der Waals surface area (Å²) in [5, 5.41) is 38.9. The number of azo groups is 1. The highest BCUT2D eigenvalue weighted by atomic mass is 16.5. The third kappa shape index (κ3) is 11.7. The van der Waals surface area contributed by atoms with Gasteiger partial charge in [0.05, 0.1) is 57.8 Å². The second kappa shape index (κ2) is 18.7. The highest BCUT2D eigenvalue weighted by Crippen LogP contribution is 2.26. The lowest BCUT2D eigenvalue weighted by atomic mass is 9.97. The Kier molecular flexibility index (Phi) is 13.9. The van der Waals surface area contributed by atoms with Crippen LogP contribution in [0.4, 0.5) is 22.7 Å². The first-order valence-corrected chi connectivity index (χ1v) is 17.7. The molecule has 0 radical (unpaired) electrons. The first-order chi connectivity index (χ1) is 26.6. The molecular formula is C43H42N8O5. The van der Waals surface area contributed by atoms with Crippen LogP contribution in [0.15, 0.2) is 117 Å². The highest BCUT2D eigenvalue weighted by molar-refractivity contribution is 6.05. The van der Waals surface area contributed by atoms with Gasteiger partial charge in [0.15, 0.2) is 5.57 Å². The number of hydrogen-bond acceptors (Lipinski definition) is 12. The number of benzene rings is 3. The number of rotatable bonds is 13. The first kappa shape index (κ1) is 41.6. The normalized spacial score (nSPS) is 13.1. The second-order valence-corrected chi connectivity index (χ2v) is 14.6. The summed E-state index contributed by atoms with van der Waals surface area (Å²) in [6.07, 6.45) is 4.85. The maximum atomic E-state index is 12.4. The van der Waals surface area contributed by atoms with E-state index in [0.717, 1.165) is 16.8 Å². The van der Waals surface area contributed by atoms with Crippen molar-refractivity contribution in [3.8, 4) is 18.2 Å². The Bertz CT molecular complexity index is 2170. The summed E-state index contributed by atoms with van der Waals surface area (Å²) in [5.41, 5.74) is 2.80. The molecule has 0 fully saturated rings. The number of carbonyl (C=O) groups excluding carboxylic acids is 3. The number of esters is 2. The second-order valence-electron chi connectivity index (χ2n) is 14.6. The van der Waals surface area contributed by atoms with Crippen LogP contribution >= 0.6 is 0 Å². The van der Waals surface area contributed by atoms with Crippen LogP contribution in [-0.2, 0) is 23.9 Å². The molecule has 0 saturated carbocycles. The highest BCUT2D eigenvalue weighted by Gasteiger charge is 2.28. The van der Waals surface area contributed by atoms with E-state index < -0.39 is 16.7 Å². The fraction of sp³-hybridized carbons (Fsp3) is 0.279. The predicted molar refractivity (Wildman–Crippen MR) is 212 cm³/mol. The lowest BCUT2D eigenvalue weighted by Crippen LogP contribution is -2.34. The van der Waals surface area contributed by atoms with Gasteiger partial charge in [-0.2, -0.15) is 26.0 Å². The van der Waals surface area contributed by atoms with Crippen molar-refractivity contribution in [3.05, 3.63) is 112 Å². The molecule has 0 saturated heterocycles. The van der Waals surface area contributed by atoms with Gasteiger partial charge in [-0.1, -0.05) is 30.3 Å². The molecule has 1 amide bonds. The van der Waals surface area contributed by atoms with Gasteiger partial charge in [0.25, 0.3) is 5.91 Å². The van der Waals surface area contributed by atoms with Crippen LogP contribution < -0.4 is 10.2 Å². The van der Waals surface area contributed by atoms with E-state index in [1.165, 1.54) is 6.08 Å². The van der Waals surface area contributed by atoms with E-state index in [4.69, 9.17) is 20.0 Å². The molecule has 1 aliphatic heterocycles. The Morgan fingerprint density at radius 1 is 0.714 bits per heavy atom. The molecule has 56 heavy (non-hydrogen) atoms. The first-order valence-electron chi connectivity index (χ1n) is 17.7. The monoisotopic (exact) mass is 750 g/mol. The van der Waals surface area contributed by atoms with Gasteiger partial charge in [-0.3, -0.25) is 19.4 Å². The van der Waals surface area contributed by atoms with Gasteiger partial charge in [-0.05, 0) is 107 Å². The van der Waals surface area contributed by atoms with Gasteiger partial charge in [-0.15, -0.1) is 0 Å². The largest absolute Gasteiger partial charge is 0.463 e. The molecule has 0 unspecified atom stereocenters. The van der Waals surface area contributed by atoms with Crippen LogP contribution in [0.2, 0.25) is 0 Å². The zero-order chi connectivity index (χ0) is 40.9. The van der Waals surface area contributed by atoms with Crippen LogP contribution in [0.25, 0.3) is 6.08 Å². The Labute approximate surface area is 326 Å². The smallest absolute Gasteiger partial charge is 0.311 e. The number of nitrogens with zero attached hydrogens (tertiary/aromatic N) is 7. The van der Waals surface area contributed by atoms with E-state index in [0.29, 0.717) is 30.2 Å². The van der Waals surface area contributed by atoms with Crippen LogP contribution in [0.5, 0.6) is 0 Å². The molecule has 3 aromatic rings. The number of nitrogens with one attached hydrogen (secondary N) is 1. The summed E-state index contributed by atoms with van der Waals surface area (Å²) in [7, 11) is 0. The van der Waals surface area contributed by atoms with Crippen molar-refractivity contribution in [2.75, 3.05) is 31.2 Å². The van der Waals surface area contributed by atoms with Crippen molar-refractivity contribution < 1.29 is 23.9 Å². The summed E-state index contributed by atoms with van der Waals surface area (Å²) in [5.74, 6) is -1.14. The Balaban J connectivity index is 1.35. The van der Waals surface area contributed by atoms with Crippen LogP contribution in [0, 0.1) is 44.8 Å². The average Bonchev–Trinajstić information content (AvgIpc) is 3.49.